The highest BCUT2D eigenvalue weighted by atomic mass is 16.5. The molecule has 2 unspecified atom stereocenters. The van der Waals surface area contributed by atoms with Gasteiger partial charge in [-0.3, -0.25) is 4.90 Å². The lowest BCUT2D eigenvalue weighted by atomic mass is 9.72. The lowest BCUT2D eigenvalue weighted by molar-refractivity contribution is -0.0461. The molecule has 1 aliphatic heterocycles. The Balaban J connectivity index is 1.67. The average Bonchev–Trinajstić information content (AvgIpc) is 3.00. The first-order valence-corrected chi connectivity index (χ1v) is 8.44. The predicted molar refractivity (Wildman–Crippen MR) is 88.3 cm³/mol. The first-order valence-electron chi connectivity index (χ1n) is 8.44. The molecule has 0 bridgehead atoms. The second kappa shape index (κ2) is 6.24. The van der Waals surface area contributed by atoms with Crippen LogP contribution in [0.4, 0.5) is 0 Å². The molecular formula is C18H24N2O3. The molecule has 23 heavy (non-hydrogen) atoms. The lowest BCUT2D eigenvalue weighted by Gasteiger charge is -2.46. The third-order valence-electron chi connectivity index (χ3n) is 5.41. The first kappa shape index (κ1) is 15.1. The van der Waals surface area contributed by atoms with Crippen molar-refractivity contribution in [2.75, 3.05) is 33.1 Å². The molecule has 1 aromatic carbocycles. The summed E-state index contributed by atoms with van der Waals surface area (Å²) in [6.45, 7) is 2.01. The highest BCUT2D eigenvalue weighted by molar-refractivity contribution is 5.88. The van der Waals surface area contributed by atoms with E-state index in [4.69, 9.17) is 9.84 Å². The van der Waals surface area contributed by atoms with Gasteiger partial charge in [0.1, 0.15) is 0 Å². The van der Waals surface area contributed by atoms with Crippen LogP contribution in [0.25, 0.3) is 10.9 Å². The molecule has 1 aromatic heterocycles. The number of H-pyrrole nitrogens is 1. The van der Waals surface area contributed by atoms with Crippen molar-refractivity contribution in [2.45, 2.75) is 24.8 Å². The summed E-state index contributed by atoms with van der Waals surface area (Å²) in [6.07, 6.45) is 4.18. The fraction of sp³-hybridized carbons (Fsp3) is 0.556. The van der Waals surface area contributed by atoms with Crippen LogP contribution in [0, 0.1) is 5.92 Å². The van der Waals surface area contributed by atoms with E-state index in [1.54, 1.807) is 0 Å². The molecule has 5 nitrogen and oxygen atoms in total. The van der Waals surface area contributed by atoms with Gasteiger partial charge in [0.25, 0.3) is 0 Å². The van der Waals surface area contributed by atoms with E-state index in [1.807, 2.05) is 0 Å². The zero-order valence-corrected chi connectivity index (χ0v) is 13.2. The van der Waals surface area contributed by atoms with Crippen molar-refractivity contribution in [3.05, 3.63) is 35.5 Å². The maximum Gasteiger partial charge on any atom is 0.0994 e. The number of aliphatic hydroxyl groups excluding tert-OH is 2. The largest absolute Gasteiger partial charge is 0.396 e. The highest BCUT2D eigenvalue weighted by Gasteiger charge is 2.40. The Kier molecular flexibility index (Phi) is 4.11. The van der Waals surface area contributed by atoms with Crippen LogP contribution >= 0.6 is 0 Å². The Labute approximate surface area is 135 Å². The number of hydrogen-bond donors (Lipinski definition) is 3. The Morgan fingerprint density at radius 3 is 3.04 bits per heavy atom. The fourth-order valence-corrected chi connectivity index (χ4v) is 4.43. The molecule has 1 aliphatic carbocycles. The Morgan fingerprint density at radius 1 is 1.30 bits per heavy atom. The molecule has 0 saturated carbocycles. The van der Waals surface area contributed by atoms with Gasteiger partial charge in [0.05, 0.1) is 19.9 Å². The van der Waals surface area contributed by atoms with E-state index in [2.05, 4.69) is 34.3 Å². The maximum absolute atomic E-state index is 9.71. The van der Waals surface area contributed by atoms with E-state index < -0.39 is 0 Å². The van der Waals surface area contributed by atoms with Gasteiger partial charge in [-0.15, -0.1) is 0 Å². The summed E-state index contributed by atoms with van der Waals surface area (Å²) < 4.78 is 5.59. The summed E-state index contributed by atoms with van der Waals surface area (Å²) in [5.74, 6) is 0.718. The van der Waals surface area contributed by atoms with Crippen LogP contribution in [0.5, 0.6) is 0 Å². The molecule has 124 valence electrons. The summed E-state index contributed by atoms with van der Waals surface area (Å²) in [5, 5.41) is 20.0. The molecule has 4 rings (SSSR count). The molecule has 1 saturated heterocycles. The number of piperidine rings is 1. The normalized spacial score (nSPS) is 27.3. The van der Waals surface area contributed by atoms with Gasteiger partial charge in [-0.1, -0.05) is 12.1 Å². The summed E-state index contributed by atoms with van der Waals surface area (Å²) in [7, 11) is 0. The molecule has 0 spiro atoms. The maximum atomic E-state index is 9.71. The minimum atomic E-state index is 0.0482. The lowest BCUT2D eigenvalue weighted by Crippen LogP contribution is -2.51. The Hall–Kier alpha value is -1.40. The summed E-state index contributed by atoms with van der Waals surface area (Å²) in [4.78, 5) is 5.74. The standard InChI is InChI=1S/C18H24N2O3/c21-4-5-23-11-20-9-12(10-22)6-15-14-2-1-3-16-18(14)13(8-19-16)7-17(15)20/h1-3,8,12,15,17,19,21-22H,4-7,9-11H2/t12?,15?,17-/m1/s1. The summed E-state index contributed by atoms with van der Waals surface area (Å²) >= 11 is 0. The Bertz CT molecular complexity index is 684. The first-order chi connectivity index (χ1) is 11.3. The van der Waals surface area contributed by atoms with Crippen LogP contribution < -0.4 is 0 Å². The number of fused-ring (bicyclic) bond motifs is 2. The number of nitrogens with zero attached hydrogens (tertiary/aromatic N) is 1. The molecule has 1 fully saturated rings. The molecule has 2 heterocycles. The van der Waals surface area contributed by atoms with E-state index in [1.165, 1.54) is 22.0 Å². The number of aromatic amines is 1. The van der Waals surface area contributed by atoms with Crippen LogP contribution in [-0.4, -0.2) is 59.2 Å². The molecule has 2 aliphatic rings. The van der Waals surface area contributed by atoms with Gasteiger partial charge in [0.2, 0.25) is 0 Å². The van der Waals surface area contributed by atoms with Crippen molar-refractivity contribution in [1.29, 1.82) is 0 Å². The molecule has 3 N–H and O–H groups in total. The number of aliphatic hydroxyl groups is 2. The zero-order chi connectivity index (χ0) is 15.8. The number of hydrogen-bond acceptors (Lipinski definition) is 4. The number of nitrogens with one attached hydrogen (secondary N) is 1. The van der Waals surface area contributed by atoms with Crippen LogP contribution in [0.15, 0.2) is 24.4 Å². The SMILES string of the molecule is OCCOCN1CC(CO)CC2c3cccc4[nH]cc(c34)C[C@H]21. The van der Waals surface area contributed by atoms with E-state index in [9.17, 15) is 5.11 Å². The second-order valence-electron chi connectivity index (χ2n) is 6.78. The number of likely N-dealkylation sites (tertiary alicyclic amines) is 1. The van der Waals surface area contributed by atoms with Crippen LogP contribution in [-0.2, 0) is 11.2 Å². The van der Waals surface area contributed by atoms with Gasteiger partial charge in [-0.05, 0) is 36.0 Å². The third kappa shape index (κ3) is 2.58. The quantitative estimate of drug-likeness (QED) is 0.731. The average molecular weight is 316 g/mol. The molecular weight excluding hydrogens is 292 g/mol. The van der Waals surface area contributed by atoms with Gasteiger partial charge in [0.15, 0.2) is 0 Å². The predicted octanol–water partition coefficient (Wildman–Crippen LogP) is 1.46. The van der Waals surface area contributed by atoms with Gasteiger partial charge in [-0.25, -0.2) is 0 Å². The van der Waals surface area contributed by atoms with Crippen molar-refractivity contribution in [1.82, 2.24) is 9.88 Å². The van der Waals surface area contributed by atoms with Gasteiger partial charge in [-0.2, -0.15) is 0 Å². The van der Waals surface area contributed by atoms with Gasteiger partial charge in [0, 0.05) is 42.2 Å². The molecule has 0 radical (unpaired) electrons. The topological polar surface area (TPSA) is 68.7 Å². The van der Waals surface area contributed by atoms with Crippen LogP contribution in [0.2, 0.25) is 0 Å². The zero-order valence-electron chi connectivity index (χ0n) is 13.2. The fourth-order valence-electron chi connectivity index (χ4n) is 4.43. The third-order valence-corrected chi connectivity index (χ3v) is 5.41. The van der Waals surface area contributed by atoms with E-state index in [-0.39, 0.29) is 19.1 Å². The molecule has 3 atom stereocenters. The number of benzene rings is 1. The van der Waals surface area contributed by atoms with Crippen molar-refractivity contribution in [2.24, 2.45) is 5.92 Å². The molecule has 5 heteroatoms. The number of rotatable bonds is 5. The van der Waals surface area contributed by atoms with Crippen LogP contribution in [0.1, 0.15) is 23.5 Å². The van der Waals surface area contributed by atoms with E-state index >= 15 is 0 Å². The highest BCUT2D eigenvalue weighted by Crippen LogP contribution is 2.44. The number of ether oxygens (including phenoxy) is 1. The number of aromatic nitrogens is 1. The summed E-state index contributed by atoms with van der Waals surface area (Å²) in [5.41, 5.74) is 4.00. The van der Waals surface area contributed by atoms with Crippen molar-refractivity contribution in [3.63, 3.8) is 0 Å². The molecule has 2 aromatic rings. The van der Waals surface area contributed by atoms with Crippen LogP contribution in [0.3, 0.4) is 0 Å². The molecule has 0 amide bonds. The Morgan fingerprint density at radius 2 is 2.22 bits per heavy atom. The van der Waals surface area contributed by atoms with Gasteiger partial charge < -0.3 is 19.9 Å². The minimum absolute atomic E-state index is 0.0482. The van der Waals surface area contributed by atoms with Crippen molar-refractivity contribution in [3.8, 4) is 0 Å². The van der Waals surface area contributed by atoms with E-state index in [0.717, 1.165) is 19.4 Å². The van der Waals surface area contributed by atoms with Crippen molar-refractivity contribution < 1.29 is 14.9 Å². The minimum Gasteiger partial charge on any atom is -0.396 e. The summed E-state index contributed by atoms with van der Waals surface area (Å²) in [6, 6.07) is 6.90. The van der Waals surface area contributed by atoms with Crippen molar-refractivity contribution >= 4 is 10.9 Å². The van der Waals surface area contributed by atoms with Gasteiger partial charge >= 0.3 is 0 Å². The second-order valence-corrected chi connectivity index (χ2v) is 6.78. The van der Waals surface area contributed by atoms with E-state index in [0.29, 0.717) is 25.3 Å². The smallest absolute Gasteiger partial charge is 0.0994 e. The monoisotopic (exact) mass is 316 g/mol.